The van der Waals surface area contributed by atoms with Crippen LogP contribution in [-0.2, 0) is 0 Å². The van der Waals surface area contributed by atoms with Crippen LogP contribution >= 0.6 is 81.2 Å². The van der Waals surface area contributed by atoms with Crippen LogP contribution < -0.4 is 73.5 Å². The van der Waals surface area contributed by atoms with E-state index in [-0.39, 0.29) is 44.4 Å². The van der Waals surface area contributed by atoms with Crippen LogP contribution in [0.2, 0.25) is 37.0 Å². The number of aryl methyl sites for hydroxylation is 2. The van der Waals surface area contributed by atoms with Crippen LogP contribution in [0.1, 0.15) is 19.1 Å². The van der Waals surface area contributed by atoms with Gasteiger partial charge in [-0.1, -0.05) is 7.43 Å². The lowest BCUT2D eigenvalue weighted by Crippen LogP contribution is -2.50. The molecule has 8 fully saturated rings. The second kappa shape index (κ2) is 32.1. The molecular weight excluding hydrogens is 1530 g/mol. The Morgan fingerprint density at radius 3 is 0.383 bits per heavy atom. The molecule has 40 nitrogen and oxygen atoms in total. The van der Waals surface area contributed by atoms with Crippen molar-refractivity contribution < 1.29 is 0 Å². The first kappa shape index (κ1) is 73.6. The average molecular weight is 1610 g/mol. The molecule has 0 saturated carbocycles. The van der Waals surface area contributed by atoms with Crippen LogP contribution in [0.5, 0.6) is 0 Å². The van der Waals surface area contributed by atoms with E-state index in [4.69, 9.17) is 116 Å². The summed E-state index contributed by atoms with van der Waals surface area (Å²) in [7, 11) is 2.11. The van der Waals surface area contributed by atoms with Gasteiger partial charge in [-0.3, -0.25) is 0 Å². The van der Waals surface area contributed by atoms with E-state index in [1.165, 1.54) is 0 Å². The summed E-state index contributed by atoms with van der Waals surface area (Å²) in [6.45, 7) is 23.8. The highest BCUT2D eigenvalue weighted by atomic mass is 35.5. The molecule has 0 amide bonds. The van der Waals surface area contributed by atoms with Gasteiger partial charge in [0.25, 0.3) is 0 Å². The SMILES string of the molecule is C.Cc1nc(C)nc(N2CCN(c3nc(Cl)nc(N4CCN(c5nc(Cl)nc(N6CCN(c7nc(Cl)nc(N8CCN(c9nc(Cl)nc(N%10CCN(c%11nc(Cl)nc(N%12CCN(c%13nc(Cl)nc(N%14CCN(c%15nc(Cl)nc(N%16CCN(C)CC%16)n%15)CC%14)n%13)CC%12)n%11)CC%10)n9)CC8)n7)CC6)n5)CC4)n3)CC2)n1. The summed E-state index contributed by atoms with van der Waals surface area (Å²) < 4.78 is 0. The standard InChI is InChI=1S/C59H73Cl7N40.CH4/c1-36-67-37(2)69-45(68-36)93-8-10-94(11-9-93)48-72-39(61)73-49(85-48)97-16-18-98(19-17-97)52-76-41(63)77-53(87-52)101-24-26-102(27-25-101)56-80-43(65)81-57(89-56)105-32-34-106(35-33-105)59-83-44(66)82-58(90-59)104-30-28-103(29-31-104)55-79-42(64)78-54(88-55)100-22-20-99(21-23-100)51-75-40(62)74-50(86-51)96-14-12-95(13-15-96)47-71-38(60)70-46(84-47)92-6-4-91(3)5-7-92;/h4-35H2,1-3H3;1H4. The molecule has 16 rings (SSSR count). The molecule has 0 aliphatic carbocycles. The van der Waals surface area contributed by atoms with E-state index in [0.29, 0.717) is 284 Å². The van der Waals surface area contributed by atoms with Gasteiger partial charge in [-0.15, -0.1) is 0 Å². The Morgan fingerprint density at radius 2 is 0.262 bits per heavy atom. The van der Waals surface area contributed by atoms with Crippen LogP contribution in [0.4, 0.5) is 89.2 Å². The Bertz CT molecular complexity index is 4420. The first-order valence-electron chi connectivity index (χ1n) is 35.0. The Kier molecular flexibility index (Phi) is 22.1. The van der Waals surface area contributed by atoms with E-state index in [1.807, 2.05) is 13.8 Å². The molecule has 0 spiro atoms. The molecule has 0 bridgehead atoms. The molecule has 0 unspecified atom stereocenters. The molecule has 107 heavy (non-hydrogen) atoms. The molecule has 16 heterocycles. The van der Waals surface area contributed by atoms with Crippen LogP contribution in [-0.4, -0.2) is 341 Å². The fraction of sp³-hybridized carbons (Fsp3) is 0.600. The third kappa shape index (κ3) is 17.0. The molecular formula is C60H77Cl7N40. The van der Waals surface area contributed by atoms with Crippen molar-refractivity contribution in [3.8, 4) is 0 Å². The molecule has 0 aromatic carbocycles. The summed E-state index contributed by atoms with van der Waals surface area (Å²) in [4.78, 5) is 145. The summed E-state index contributed by atoms with van der Waals surface area (Å²) in [6, 6.07) is 0. The summed E-state index contributed by atoms with van der Waals surface area (Å²) in [6.07, 6.45) is 0. The first-order chi connectivity index (χ1) is 51.4. The van der Waals surface area contributed by atoms with Gasteiger partial charge < -0.3 is 78.4 Å². The second-order valence-corrected chi connectivity index (χ2v) is 28.6. The zero-order valence-corrected chi connectivity index (χ0v) is 63.5. The lowest BCUT2D eigenvalue weighted by molar-refractivity contribution is 0.311. The average Bonchev–Trinajstić information content (AvgIpc) is 0.810. The van der Waals surface area contributed by atoms with Crippen molar-refractivity contribution >= 4 is 170 Å². The Morgan fingerprint density at radius 1 is 0.159 bits per heavy atom. The third-order valence-electron chi connectivity index (χ3n) is 19.6. The van der Waals surface area contributed by atoms with Gasteiger partial charge in [-0.05, 0) is 102 Å². The maximum Gasteiger partial charge on any atom is 0.231 e. The molecule has 8 aromatic heterocycles. The molecule has 8 aliphatic heterocycles. The normalized spacial score (nSPS) is 18.8. The zero-order valence-electron chi connectivity index (χ0n) is 58.2. The summed E-state index contributed by atoms with van der Waals surface area (Å²) >= 11 is 46.1. The quantitative estimate of drug-likeness (QED) is 0.142. The molecule has 8 saturated heterocycles. The number of anilines is 15. The molecule has 47 heteroatoms. The predicted octanol–water partition coefficient (Wildman–Crippen LogP) is 2.03. The maximum absolute atomic E-state index is 6.65. The van der Waals surface area contributed by atoms with Crippen LogP contribution in [0.15, 0.2) is 0 Å². The highest BCUT2D eigenvalue weighted by Gasteiger charge is 2.34. The Labute approximate surface area is 650 Å². The smallest absolute Gasteiger partial charge is 0.231 e. The number of likely N-dealkylation sites (N-methyl/N-ethyl adjacent to an activating group) is 1. The van der Waals surface area contributed by atoms with Crippen LogP contribution in [0.3, 0.4) is 0 Å². The van der Waals surface area contributed by atoms with E-state index < -0.39 is 0 Å². The van der Waals surface area contributed by atoms with Gasteiger partial charge >= 0.3 is 0 Å². The van der Waals surface area contributed by atoms with E-state index in [1.54, 1.807) is 0 Å². The minimum atomic E-state index is 0. The molecule has 0 N–H and O–H groups in total. The Hall–Kier alpha value is -8.93. The number of halogens is 7. The number of nitrogens with zero attached hydrogens (tertiary/aromatic N) is 40. The van der Waals surface area contributed by atoms with Gasteiger partial charge in [0.1, 0.15) is 11.6 Å². The van der Waals surface area contributed by atoms with Crippen LogP contribution in [0, 0.1) is 13.8 Å². The third-order valence-corrected chi connectivity index (χ3v) is 20.8. The lowest BCUT2D eigenvalue weighted by atomic mass is 10.3. The van der Waals surface area contributed by atoms with Gasteiger partial charge in [0, 0.05) is 209 Å². The second-order valence-electron chi connectivity index (χ2n) is 26.3. The summed E-state index contributed by atoms with van der Waals surface area (Å²) in [5.74, 6) is 9.09. The monoisotopic (exact) mass is 1600 g/mol. The topological polar surface area (TPSA) is 361 Å². The fourth-order valence-corrected chi connectivity index (χ4v) is 14.8. The molecule has 566 valence electrons. The lowest BCUT2D eigenvalue weighted by Gasteiger charge is -2.38. The van der Waals surface area contributed by atoms with Gasteiger partial charge in [-0.25, -0.2) is 4.98 Å². The highest BCUT2D eigenvalue weighted by molar-refractivity contribution is 6.30. The van der Waals surface area contributed by atoms with Gasteiger partial charge in [0.15, 0.2) is 0 Å². The number of aromatic nitrogens is 24. The van der Waals surface area contributed by atoms with Gasteiger partial charge in [-0.2, -0.15) is 115 Å². The van der Waals surface area contributed by atoms with E-state index in [9.17, 15) is 0 Å². The number of piperazine rings is 8. The fourth-order valence-electron chi connectivity index (χ4n) is 13.8. The maximum atomic E-state index is 6.65. The van der Waals surface area contributed by atoms with E-state index in [2.05, 4.69) is 170 Å². The molecule has 0 atom stereocenters. The zero-order chi connectivity index (χ0) is 72.7. The van der Waals surface area contributed by atoms with Crippen molar-refractivity contribution in [1.29, 1.82) is 0 Å². The molecule has 0 radical (unpaired) electrons. The largest absolute Gasteiger partial charge is 0.338 e. The first-order valence-corrected chi connectivity index (χ1v) is 37.6. The van der Waals surface area contributed by atoms with Crippen molar-refractivity contribution in [2.75, 3.05) is 290 Å². The van der Waals surface area contributed by atoms with Crippen molar-refractivity contribution in [3.05, 3.63) is 48.6 Å². The van der Waals surface area contributed by atoms with Crippen molar-refractivity contribution in [1.82, 2.24) is 125 Å². The summed E-state index contributed by atoms with van der Waals surface area (Å²) in [5, 5.41) is 0.828. The molecule has 8 aliphatic rings. The predicted molar refractivity (Wildman–Crippen MR) is 411 cm³/mol. The van der Waals surface area contributed by atoms with Crippen molar-refractivity contribution in [3.63, 3.8) is 0 Å². The van der Waals surface area contributed by atoms with Crippen molar-refractivity contribution in [2.45, 2.75) is 21.3 Å². The molecule has 8 aromatic rings. The minimum Gasteiger partial charge on any atom is -0.338 e. The Balaban J connectivity index is 0.00000915. The number of hydrogen-bond acceptors (Lipinski definition) is 40. The van der Waals surface area contributed by atoms with E-state index >= 15 is 0 Å². The van der Waals surface area contributed by atoms with Crippen LogP contribution in [0.25, 0.3) is 0 Å². The van der Waals surface area contributed by atoms with Gasteiger partial charge in [0.2, 0.25) is 126 Å². The van der Waals surface area contributed by atoms with Gasteiger partial charge in [0.05, 0.1) is 0 Å². The summed E-state index contributed by atoms with van der Waals surface area (Å²) in [5.41, 5.74) is 0. The number of hydrogen-bond donors (Lipinski definition) is 0. The van der Waals surface area contributed by atoms with Crippen molar-refractivity contribution in [2.24, 2.45) is 0 Å². The highest BCUT2D eigenvalue weighted by Crippen LogP contribution is 2.30. The number of rotatable bonds is 15. The van der Waals surface area contributed by atoms with E-state index in [0.717, 1.165) is 26.2 Å². The minimum absolute atomic E-state index is 0.